The van der Waals surface area contributed by atoms with Crippen molar-refractivity contribution in [2.45, 2.75) is 12.8 Å². The van der Waals surface area contributed by atoms with E-state index in [4.69, 9.17) is 24.7 Å². The summed E-state index contributed by atoms with van der Waals surface area (Å²) in [6, 6.07) is 0. The van der Waals surface area contributed by atoms with Crippen LogP contribution in [-0.4, -0.2) is 48.1 Å². The molecule has 0 bridgehead atoms. The predicted octanol–water partition coefficient (Wildman–Crippen LogP) is -0.959. The second kappa shape index (κ2) is 7.91. The van der Waals surface area contributed by atoms with E-state index in [0.717, 1.165) is 0 Å². The summed E-state index contributed by atoms with van der Waals surface area (Å²) >= 11 is 0. The van der Waals surface area contributed by atoms with Crippen LogP contribution in [0, 0.1) is 0 Å². The van der Waals surface area contributed by atoms with Gasteiger partial charge in [-0.25, -0.2) is 0 Å². The lowest BCUT2D eigenvalue weighted by molar-refractivity contribution is -0.118. The van der Waals surface area contributed by atoms with E-state index in [2.05, 4.69) is 0 Å². The second-order valence-corrected chi connectivity index (χ2v) is 5.69. The van der Waals surface area contributed by atoms with E-state index < -0.39 is 8.80 Å². The van der Waals surface area contributed by atoms with E-state index in [1.807, 2.05) is 0 Å². The molecule has 6 nitrogen and oxygen atoms in total. The molecular formula is C8H20N2O4Si. The van der Waals surface area contributed by atoms with Crippen molar-refractivity contribution in [3.8, 4) is 0 Å². The number of hydrogen-bond acceptors (Lipinski definition) is 6. The number of nitrogens with two attached hydrogens (primary N) is 2. The van der Waals surface area contributed by atoms with E-state index in [-0.39, 0.29) is 18.4 Å². The molecule has 90 valence electrons. The Morgan fingerprint density at radius 3 is 2.20 bits per heavy atom. The lowest BCUT2D eigenvalue weighted by Gasteiger charge is -2.24. The highest BCUT2D eigenvalue weighted by atomic mass is 28.4. The fraction of sp³-hybridized carbons (Fsp3) is 0.875. The Labute approximate surface area is 91.2 Å². The van der Waals surface area contributed by atoms with Gasteiger partial charge in [0, 0.05) is 27.2 Å². The lowest BCUT2D eigenvalue weighted by Crippen LogP contribution is -2.53. The van der Waals surface area contributed by atoms with Crippen molar-refractivity contribution in [1.29, 1.82) is 0 Å². The maximum Gasteiger partial charge on any atom is 0.574 e. The summed E-state index contributed by atoms with van der Waals surface area (Å²) in [6.07, 6.45) is 0.869. The zero-order valence-corrected chi connectivity index (χ0v) is 10.3. The van der Waals surface area contributed by atoms with Gasteiger partial charge < -0.3 is 24.7 Å². The van der Waals surface area contributed by atoms with E-state index in [1.54, 1.807) is 0 Å². The molecule has 0 aromatic rings. The first-order valence-electron chi connectivity index (χ1n) is 4.84. The Balaban J connectivity index is 4.35. The van der Waals surface area contributed by atoms with Gasteiger partial charge in [-0.2, -0.15) is 0 Å². The molecule has 4 N–H and O–H groups in total. The quantitative estimate of drug-likeness (QED) is 0.395. The number of carbonyl (C=O) groups excluding carboxylic acids is 1. The third-order valence-corrected chi connectivity index (χ3v) is 4.48. The van der Waals surface area contributed by atoms with Crippen LogP contribution in [0.25, 0.3) is 0 Å². The Morgan fingerprint density at radius 1 is 1.20 bits per heavy atom. The van der Waals surface area contributed by atoms with Crippen molar-refractivity contribution < 1.29 is 18.1 Å². The summed E-state index contributed by atoms with van der Waals surface area (Å²) in [5.74, 6) is 0. The molecular weight excluding hydrogens is 216 g/mol. The van der Waals surface area contributed by atoms with Gasteiger partial charge in [-0.3, -0.25) is 4.79 Å². The molecule has 0 amide bonds. The molecule has 0 fully saturated rings. The summed E-state index contributed by atoms with van der Waals surface area (Å²) in [5.41, 5.74) is 10.6. The molecule has 0 aromatic heterocycles. The highest BCUT2D eigenvalue weighted by Crippen LogP contribution is 2.11. The molecule has 0 heterocycles. The maximum absolute atomic E-state index is 11.7. The Morgan fingerprint density at radius 2 is 1.80 bits per heavy atom. The van der Waals surface area contributed by atoms with Crippen LogP contribution in [0.1, 0.15) is 12.8 Å². The fourth-order valence-electron chi connectivity index (χ4n) is 1.08. The van der Waals surface area contributed by atoms with Crippen molar-refractivity contribution in [2.24, 2.45) is 11.5 Å². The first kappa shape index (κ1) is 14.7. The van der Waals surface area contributed by atoms with Gasteiger partial charge in [0.2, 0.25) is 5.41 Å². The zero-order valence-electron chi connectivity index (χ0n) is 9.32. The van der Waals surface area contributed by atoms with Crippen LogP contribution in [0.3, 0.4) is 0 Å². The average Bonchev–Trinajstić information content (AvgIpc) is 2.25. The molecule has 0 radical (unpaired) electrons. The minimum atomic E-state index is -3.18. The number of rotatable bonds is 9. The zero-order chi connectivity index (χ0) is 11.7. The summed E-state index contributed by atoms with van der Waals surface area (Å²) in [4.78, 5) is 11.7. The van der Waals surface area contributed by atoms with E-state index in [9.17, 15) is 4.79 Å². The van der Waals surface area contributed by atoms with Gasteiger partial charge in [-0.1, -0.05) is 0 Å². The van der Waals surface area contributed by atoms with Crippen molar-refractivity contribution in [3.63, 3.8) is 0 Å². The first-order valence-corrected chi connectivity index (χ1v) is 6.57. The number of carbonyl (C=O) groups is 1. The van der Waals surface area contributed by atoms with E-state index >= 15 is 0 Å². The molecule has 15 heavy (non-hydrogen) atoms. The standard InChI is InChI=1S/C8H20N2O4Si/c1-12-15(13-2,8(11)4-6-10)14-7-3-5-9/h3-7,9-10H2,1-2H3. The molecule has 0 unspecified atom stereocenters. The maximum atomic E-state index is 11.7. The molecule has 0 aliphatic carbocycles. The Bertz CT molecular complexity index is 187. The molecule has 7 heteroatoms. The largest absolute Gasteiger partial charge is 0.574 e. The predicted molar refractivity (Wildman–Crippen MR) is 58.1 cm³/mol. The van der Waals surface area contributed by atoms with Gasteiger partial charge in [0.05, 0.1) is 0 Å². The summed E-state index contributed by atoms with van der Waals surface area (Å²) in [7, 11) is -0.361. The van der Waals surface area contributed by atoms with Gasteiger partial charge >= 0.3 is 8.80 Å². The first-order chi connectivity index (χ1) is 7.16. The van der Waals surface area contributed by atoms with E-state index in [1.165, 1.54) is 14.2 Å². The average molecular weight is 236 g/mol. The molecule has 0 aliphatic rings. The normalized spacial score (nSPS) is 11.7. The highest BCUT2D eigenvalue weighted by Gasteiger charge is 2.47. The fourth-order valence-corrected chi connectivity index (χ4v) is 2.97. The van der Waals surface area contributed by atoms with Crippen LogP contribution in [0.4, 0.5) is 0 Å². The molecule has 0 saturated carbocycles. The molecule has 0 aromatic carbocycles. The van der Waals surface area contributed by atoms with Crippen molar-refractivity contribution in [2.75, 3.05) is 33.9 Å². The SMILES string of the molecule is CO[Si](OC)(OCCCN)C(=O)CCN. The van der Waals surface area contributed by atoms with Gasteiger partial charge in [-0.15, -0.1) is 0 Å². The molecule has 0 aliphatic heterocycles. The van der Waals surface area contributed by atoms with Crippen LogP contribution in [0.2, 0.25) is 0 Å². The van der Waals surface area contributed by atoms with Gasteiger partial charge in [0.1, 0.15) is 0 Å². The monoisotopic (exact) mass is 236 g/mol. The molecule has 0 saturated heterocycles. The highest BCUT2D eigenvalue weighted by molar-refractivity contribution is 6.92. The Kier molecular flexibility index (Phi) is 7.75. The van der Waals surface area contributed by atoms with Crippen LogP contribution >= 0.6 is 0 Å². The van der Waals surface area contributed by atoms with Gasteiger partial charge in [-0.05, 0) is 19.5 Å². The van der Waals surface area contributed by atoms with Crippen molar-refractivity contribution >= 4 is 14.2 Å². The molecule has 0 spiro atoms. The molecule has 0 atom stereocenters. The smallest absolute Gasteiger partial charge is 0.372 e. The minimum absolute atomic E-state index is 0.188. The minimum Gasteiger partial charge on any atom is -0.372 e. The number of hydrogen-bond donors (Lipinski definition) is 2. The lowest BCUT2D eigenvalue weighted by atomic mass is 10.5. The Hall–Kier alpha value is -0.313. The summed E-state index contributed by atoms with van der Waals surface area (Å²) in [6.45, 7) is 1.13. The third kappa shape index (κ3) is 4.37. The van der Waals surface area contributed by atoms with E-state index in [0.29, 0.717) is 19.6 Å². The van der Waals surface area contributed by atoms with Crippen LogP contribution < -0.4 is 11.5 Å². The van der Waals surface area contributed by atoms with Gasteiger partial charge in [0.25, 0.3) is 0 Å². The van der Waals surface area contributed by atoms with Crippen LogP contribution in [0.5, 0.6) is 0 Å². The van der Waals surface area contributed by atoms with Crippen LogP contribution in [0.15, 0.2) is 0 Å². The van der Waals surface area contributed by atoms with Gasteiger partial charge in [0.15, 0.2) is 0 Å². The van der Waals surface area contributed by atoms with Crippen molar-refractivity contribution in [3.05, 3.63) is 0 Å². The summed E-state index contributed by atoms with van der Waals surface area (Å²) in [5, 5.41) is -0.188. The second-order valence-electron chi connectivity index (χ2n) is 2.92. The topological polar surface area (TPSA) is 96.8 Å². The third-order valence-electron chi connectivity index (χ3n) is 1.89. The van der Waals surface area contributed by atoms with Crippen molar-refractivity contribution in [1.82, 2.24) is 0 Å². The van der Waals surface area contributed by atoms with Crippen LogP contribution in [-0.2, 0) is 18.1 Å². The summed E-state index contributed by atoms with van der Waals surface area (Å²) < 4.78 is 15.6. The molecule has 0 rings (SSSR count).